The highest BCUT2D eigenvalue weighted by molar-refractivity contribution is 5.95. The van der Waals surface area contributed by atoms with Crippen LogP contribution in [0.1, 0.15) is 48.8 Å². The van der Waals surface area contributed by atoms with E-state index in [9.17, 15) is 14.4 Å². The number of rotatable bonds is 7. The normalized spacial score (nSPS) is 14.4. The van der Waals surface area contributed by atoms with Crippen molar-refractivity contribution in [2.45, 2.75) is 52.9 Å². The fourth-order valence-corrected chi connectivity index (χ4v) is 3.53. The van der Waals surface area contributed by atoms with Gasteiger partial charge in [-0.3, -0.25) is 9.59 Å². The van der Waals surface area contributed by atoms with Crippen molar-refractivity contribution in [3.8, 4) is 0 Å². The number of carbonyl (C=O) groups excluding carboxylic acids is 3. The second kappa shape index (κ2) is 10.7. The Hall–Kier alpha value is -2.57. The molecule has 4 amide bonds. The summed E-state index contributed by atoms with van der Waals surface area (Å²) < 4.78 is 0. The van der Waals surface area contributed by atoms with Crippen LogP contribution in [0.5, 0.6) is 0 Å². The average Bonchev–Trinajstić information content (AvgIpc) is 2.84. The van der Waals surface area contributed by atoms with Crippen LogP contribution in [0.25, 0.3) is 0 Å². The number of aryl methyl sites for hydroxylation is 3. The summed E-state index contributed by atoms with van der Waals surface area (Å²) in [6.45, 7) is 7.75. The van der Waals surface area contributed by atoms with Gasteiger partial charge in [0, 0.05) is 31.7 Å². The van der Waals surface area contributed by atoms with Crippen molar-refractivity contribution in [3.63, 3.8) is 0 Å². The number of nitrogens with zero attached hydrogens (tertiary/aromatic N) is 1. The predicted octanol–water partition coefficient (Wildman–Crippen LogP) is 2.64. The molecule has 28 heavy (non-hydrogen) atoms. The van der Waals surface area contributed by atoms with Gasteiger partial charge in [-0.15, -0.1) is 0 Å². The lowest BCUT2D eigenvalue weighted by molar-refractivity contribution is -0.130. The first-order valence-corrected chi connectivity index (χ1v) is 10.0. The molecule has 2 rings (SSSR count). The van der Waals surface area contributed by atoms with Gasteiger partial charge in [0.05, 0.1) is 6.54 Å². The number of carbonyl (C=O) groups is 3. The van der Waals surface area contributed by atoms with Crippen LogP contribution in [-0.2, 0) is 9.59 Å². The SMILES string of the molecule is Cc1cc(C)c(NC(=O)CNC(=O)NCCCN2CCCCCC2=O)c(C)c1. The van der Waals surface area contributed by atoms with Crippen molar-refractivity contribution in [1.29, 1.82) is 0 Å². The van der Waals surface area contributed by atoms with Crippen LogP contribution in [0.2, 0.25) is 0 Å². The lowest BCUT2D eigenvalue weighted by Gasteiger charge is -2.20. The Morgan fingerprint density at radius 3 is 2.46 bits per heavy atom. The molecule has 1 aromatic rings. The van der Waals surface area contributed by atoms with Crippen molar-refractivity contribution in [1.82, 2.24) is 15.5 Å². The zero-order valence-corrected chi connectivity index (χ0v) is 17.2. The Bertz CT molecular complexity index is 695. The van der Waals surface area contributed by atoms with E-state index in [-0.39, 0.29) is 24.4 Å². The Labute approximate surface area is 167 Å². The van der Waals surface area contributed by atoms with Gasteiger partial charge in [-0.05, 0) is 51.2 Å². The minimum atomic E-state index is -0.380. The maximum Gasteiger partial charge on any atom is 0.315 e. The second-order valence-corrected chi connectivity index (χ2v) is 7.48. The van der Waals surface area contributed by atoms with Crippen molar-refractivity contribution in [3.05, 3.63) is 28.8 Å². The molecular formula is C21H32N4O3. The molecule has 154 valence electrons. The molecule has 1 heterocycles. The van der Waals surface area contributed by atoms with Gasteiger partial charge in [-0.1, -0.05) is 24.1 Å². The Balaban J connectivity index is 1.65. The Kier molecular flexibility index (Phi) is 8.29. The number of hydrogen-bond acceptors (Lipinski definition) is 3. The maximum atomic E-state index is 12.1. The van der Waals surface area contributed by atoms with Gasteiger partial charge in [0.15, 0.2) is 0 Å². The summed E-state index contributed by atoms with van der Waals surface area (Å²) in [5.74, 6) is -0.0549. The molecule has 3 N–H and O–H groups in total. The first-order chi connectivity index (χ1) is 13.4. The lowest BCUT2D eigenvalue weighted by atomic mass is 10.1. The highest BCUT2D eigenvalue weighted by atomic mass is 16.2. The summed E-state index contributed by atoms with van der Waals surface area (Å²) in [5, 5.41) is 8.16. The fourth-order valence-electron chi connectivity index (χ4n) is 3.53. The van der Waals surface area contributed by atoms with Crippen LogP contribution >= 0.6 is 0 Å². The molecule has 1 fully saturated rings. The highest BCUT2D eigenvalue weighted by Gasteiger charge is 2.16. The first-order valence-electron chi connectivity index (χ1n) is 10.0. The molecule has 1 saturated heterocycles. The predicted molar refractivity (Wildman–Crippen MR) is 110 cm³/mol. The summed E-state index contributed by atoms with van der Waals surface area (Å²) in [6.07, 6.45) is 4.46. The molecule has 0 saturated carbocycles. The lowest BCUT2D eigenvalue weighted by Crippen LogP contribution is -2.41. The third kappa shape index (κ3) is 6.87. The maximum absolute atomic E-state index is 12.1. The molecule has 1 aliphatic heterocycles. The van der Waals surface area contributed by atoms with Crippen LogP contribution < -0.4 is 16.0 Å². The molecule has 0 aromatic heterocycles. The quantitative estimate of drug-likeness (QED) is 0.627. The zero-order chi connectivity index (χ0) is 20.5. The molecule has 0 bridgehead atoms. The Morgan fingerprint density at radius 1 is 1.04 bits per heavy atom. The molecule has 0 aliphatic carbocycles. The molecule has 0 radical (unpaired) electrons. The van der Waals surface area contributed by atoms with E-state index >= 15 is 0 Å². The fraction of sp³-hybridized carbons (Fsp3) is 0.571. The summed E-state index contributed by atoms with van der Waals surface area (Å²) in [5.41, 5.74) is 3.93. The summed E-state index contributed by atoms with van der Waals surface area (Å²) in [6, 6.07) is 3.64. The van der Waals surface area contributed by atoms with Crippen LogP contribution in [0.3, 0.4) is 0 Å². The van der Waals surface area contributed by atoms with Gasteiger partial charge in [0.1, 0.15) is 0 Å². The number of nitrogens with one attached hydrogen (secondary N) is 3. The molecule has 7 nitrogen and oxygen atoms in total. The number of likely N-dealkylation sites (tertiary alicyclic amines) is 1. The smallest absolute Gasteiger partial charge is 0.315 e. The summed E-state index contributed by atoms with van der Waals surface area (Å²) >= 11 is 0. The van der Waals surface area contributed by atoms with E-state index in [0.29, 0.717) is 25.9 Å². The zero-order valence-electron chi connectivity index (χ0n) is 17.2. The van der Waals surface area contributed by atoms with E-state index in [0.717, 1.165) is 48.2 Å². The third-order valence-corrected chi connectivity index (χ3v) is 4.91. The van der Waals surface area contributed by atoms with Crippen molar-refractivity contribution >= 4 is 23.5 Å². The van der Waals surface area contributed by atoms with Crippen LogP contribution in [0.15, 0.2) is 12.1 Å². The number of amides is 4. The monoisotopic (exact) mass is 388 g/mol. The first kappa shape index (κ1) is 21.7. The highest BCUT2D eigenvalue weighted by Crippen LogP contribution is 2.21. The molecule has 1 aliphatic rings. The largest absolute Gasteiger partial charge is 0.343 e. The van der Waals surface area contributed by atoms with Crippen LogP contribution in [0, 0.1) is 20.8 Å². The van der Waals surface area contributed by atoms with Gasteiger partial charge in [-0.2, -0.15) is 0 Å². The van der Waals surface area contributed by atoms with Crippen LogP contribution in [-0.4, -0.2) is 48.9 Å². The minimum Gasteiger partial charge on any atom is -0.343 e. The molecular weight excluding hydrogens is 356 g/mol. The molecule has 1 aromatic carbocycles. The minimum absolute atomic E-state index is 0.0940. The summed E-state index contributed by atoms with van der Waals surface area (Å²) in [4.78, 5) is 37.8. The van der Waals surface area contributed by atoms with E-state index < -0.39 is 0 Å². The van der Waals surface area contributed by atoms with Crippen molar-refractivity contribution < 1.29 is 14.4 Å². The van der Waals surface area contributed by atoms with E-state index in [1.54, 1.807) is 0 Å². The van der Waals surface area contributed by atoms with Gasteiger partial charge >= 0.3 is 6.03 Å². The molecule has 0 atom stereocenters. The van der Waals surface area contributed by atoms with Gasteiger partial charge in [-0.25, -0.2) is 4.79 Å². The number of benzene rings is 1. The standard InChI is InChI=1S/C21H32N4O3/c1-15-12-16(2)20(17(3)13-15)24-18(26)14-23-21(28)22-9-7-11-25-10-6-4-5-8-19(25)27/h12-13H,4-11,14H2,1-3H3,(H,24,26)(H2,22,23,28). The van der Waals surface area contributed by atoms with Gasteiger partial charge in [0.25, 0.3) is 0 Å². The van der Waals surface area contributed by atoms with E-state index in [4.69, 9.17) is 0 Å². The summed E-state index contributed by atoms with van der Waals surface area (Å²) in [7, 11) is 0. The topological polar surface area (TPSA) is 90.5 Å². The molecule has 0 spiro atoms. The molecule has 0 unspecified atom stereocenters. The van der Waals surface area contributed by atoms with Crippen LogP contribution in [0.4, 0.5) is 10.5 Å². The van der Waals surface area contributed by atoms with E-state index in [1.807, 2.05) is 37.8 Å². The number of hydrogen-bond donors (Lipinski definition) is 3. The Morgan fingerprint density at radius 2 is 1.75 bits per heavy atom. The number of anilines is 1. The second-order valence-electron chi connectivity index (χ2n) is 7.48. The third-order valence-electron chi connectivity index (χ3n) is 4.91. The number of urea groups is 1. The molecule has 7 heteroatoms. The average molecular weight is 389 g/mol. The van der Waals surface area contributed by atoms with E-state index in [2.05, 4.69) is 16.0 Å². The van der Waals surface area contributed by atoms with Gasteiger partial charge in [0.2, 0.25) is 11.8 Å². The van der Waals surface area contributed by atoms with Crippen molar-refractivity contribution in [2.75, 3.05) is 31.5 Å². The van der Waals surface area contributed by atoms with Gasteiger partial charge < -0.3 is 20.9 Å². The van der Waals surface area contributed by atoms with E-state index in [1.165, 1.54) is 0 Å². The van der Waals surface area contributed by atoms with Crippen molar-refractivity contribution in [2.24, 2.45) is 0 Å².